The number of aliphatic hydroxyl groups is 1. The molecule has 0 saturated heterocycles. The van der Waals surface area contributed by atoms with Gasteiger partial charge in [0.25, 0.3) is 0 Å². The highest BCUT2D eigenvalue weighted by atomic mass is 79.9. The number of hydrogen-bond donors (Lipinski definition) is 1. The predicted octanol–water partition coefficient (Wildman–Crippen LogP) is 5.06. The minimum atomic E-state index is -0.576. The van der Waals surface area contributed by atoms with Gasteiger partial charge in [-0.25, -0.2) is 0 Å². The van der Waals surface area contributed by atoms with Crippen molar-refractivity contribution in [3.63, 3.8) is 0 Å². The topological polar surface area (TPSA) is 29.5 Å². The van der Waals surface area contributed by atoms with E-state index in [1.165, 1.54) is 0 Å². The molecule has 0 radical (unpaired) electrons. The molecule has 0 aliphatic carbocycles. The Bertz CT molecular complexity index is 536. The molecule has 0 heterocycles. The highest BCUT2D eigenvalue weighted by Gasteiger charge is 2.10. The summed E-state index contributed by atoms with van der Waals surface area (Å²) in [6.07, 6.45) is -0.576. The number of benzene rings is 2. The third-order valence-electron chi connectivity index (χ3n) is 2.46. The first-order valence-electron chi connectivity index (χ1n) is 5.47. The Morgan fingerprint density at radius 1 is 1.00 bits per heavy atom. The molecule has 0 bridgehead atoms. The molecule has 0 fully saturated rings. The van der Waals surface area contributed by atoms with Crippen LogP contribution in [0.5, 0.6) is 11.5 Å². The van der Waals surface area contributed by atoms with E-state index >= 15 is 0 Å². The van der Waals surface area contributed by atoms with Gasteiger partial charge in [-0.1, -0.05) is 31.9 Å². The largest absolute Gasteiger partial charge is 0.457 e. The molecule has 2 nitrogen and oxygen atoms in total. The molecular weight excluding hydrogens is 360 g/mol. The Labute approximate surface area is 123 Å². The van der Waals surface area contributed by atoms with Gasteiger partial charge in [0.2, 0.25) is 0 Å². The van der Waals surface area contributed by atoms with E-state index < -0.39 is 6.10 Å². The lowest BCUT2D eigenvalue weighted by molar-refractivity contribution is 0.195. The van der Waals surface area contributed by atoms with Gasteiger partial charge in [0.15, 0.2) is 0 Å². The van der Waals surface area contributed by atoms with Crippen LogP contribution in [0.2, 0.25) is 0 Å². The molecule has 0 spiro atoms. The molecule has 0 aliphatic heterocycles. The Hall–Kier alpha value is -0.840. The smallest absolute Gasteiger partial charge is 0.133 e. The van der Waals surface area contributed by atoms with Gasteiger partial charge in [-0.3, -0.25) is 0 Å². The summed E-state index contributed by atoms with van der Waals surface area (Å²) in [5, 5.41) is 9.74. The van der Waals surface area contributed by atoms with Gasteiger partial charge < -0.3 is 9.84 Å². The molecule has 1 atom stereocenters. The summed E-state index contributed by atoms with van der Waals surface area (Å²) >= 11 is 6.76. The average Bonchev–Trinajstić information content (AvgIpc) is 2.34. The highest BCUT2D eigenvalue weighted by molar-refractivity contribution is 9.10. The van der Waals surface area contributed by atoms with Crippen LogP contribution in [0.1, 0.15) is 18.6 Å². The van der Waals surface area contributed by atoms with E-state index in [0.29, 0.717) is 5.75 Å². The number of halogens is 2. The van der Waals surface area contributed by atoms with Crippen molar-refractivity contribution in [1.82, 2.24) is 0 Å². The molecule has 1 N–H and O–H groups in total. The normalized spacial score (nSPS) is 12.2. The van der Waals surface area contributed by atoms with Crippen molar-refractivity contribution in [2.45, 2.75) is 13.0 Å². The van der Waals surface area contributed by atoms with Crippen LogP contribution in [-0.2, 0) is 0 Å². The fraction of sp³-hybridized carbons (Fsp3) is 0.143. The van der Waals surface area contributed by atoms with E-state index in [1.807, 2.05) is 42.5 Å². The summed E-state index contributed by atoms with van der Waals surface area (Å²) in [5.74, 6) is 1.40. The van der Waals surface area contributed by atoms with Crippen molar-refractivity contribution < 1.29 is 9.84 Å². The molecule has 94 valence electrons. The monoisotopic (exact) mass is 370 g/mol. The van der Waals surface area contributed by atoms with Gasteiger partial charge in [0.1, 0.15) is 11.5 Å². The predicted molar refractivity (Wildman–Crippen MR) is 79.0 cm³/mol. The molecule has 1 unspecified atom stereocenters. The lowest BCUT2D eigenvalue weighted by Crippen LogP contribution is -1.96. The Morgan fingerprint density at radius 3 is 2.22 bits per heavy atom. The fourth-order valence-corrected chi connectivity index (χ4v) is 2.21. The zero-order valence-corrected chi connectivity index (χ0v) is 12.9. The van der Waals surface area contributed by atoms with Crippen LogP contribution in [0.25, 0.3) is 0 Å². The molecule has 4 heteroatoms. The number of aliphatic hydroxyl groups excluding tert-OH is 1. The molecule has 0 saturated carbocycles. The van der Waals surface area contributed by atoms with Crippen LogP contribution in [0, 0.1) is 0 Å². The van der Waals surface area contributed by atoms with Crippen LogP contribution in [0.15, 0.2) is 51.4 Å². The zero-order valence-electron chi connectivity index (χ0n) is 9.73. The summed E-state index contributed by atoms with van der Waals surface area (Å²) in [6, 6.07) is 13.2. The van der Waals surface area contributed by atoms with Crippen LogP contribution in [0.3, 0.4) is 0 Å². The maximum absolute atomic E-state index is 9.74. The average molecular weight is 372 g/mol. The first-order chi connectivity index (χ1) is 8.56. The second-order valence-electron chi connectivity index (χ2n) is 3.91. The van der Waals surface area contributed by atoms with Crippen molar-refractivity contribution in [3.05, 3.63) is 57.0 Å². The first-order valence-corrected chi connectivity index (χ1v) is 7.06. The number of hydrogen-bond acceptors (Lipinski definition) is 2. The summed E-state index contributed by atoms with van der Waals surface area (Å²) in [4.78, 5) is 0. The first kappa shape index (κ1) is 13.6. The van der Waals surface area contributed by atoms with Crippen LogP contribution in [0.4, 0.5) is 0 Å². The maximum atomic E-state index is 9.74. The van der Waals surface area contributed by atoms with Gasteiger partial charge in [-0.15, -0.1) is 0 Å². The standard InChI is InChI=1S/C14H12Br2O2/c1-9(17)13-8-11(16)4-7-14(13)18-12-5-2-10(15)3-6-12/h2-9,17H,1H3. The Balaban J connectivity index is 2.31. The summed E-state index contributed by atoms with van der Waals surface area (Å²) in [5.41, 5.74) is 0.757. The Kier molecular flexibility index (Phi) is 4.43. The van der Waals surface area contributed by atoms with Gasteiger partial charge >= 0.3 is 0 Å². The molecule has 2 aromatic rings. The zero-order chi connectivity index (χ0) is 13.1. The van der Waals surface area contributed by atoms with Crippen molar-refractivity contribution in [2.24, 2.45) is 0 Å². The SMILES string of the molecule is CC(O)c1cc(Br)ccc1Oc1ccc(Br)cc1. The summed E-state index contributed by atoms with van der Waals surface area (Å²) in [7, 11) is 0. The molecule has 18 heavy (non-hydrogen) atoms. The quantitative estimate of drug-likeness (QED) is 0.817. The van der Waals surface area contributed by atoms with E-state index in [9.17, 15) is 5.11 Å². The van der Waals surface area contributed by atoms with Crippen LogP contribution in [-0.4, -0.2) is 5.11 Å². The highest BCUT2D eigenvalue weighted by Crippen LogP contribution is 2.32. The molecule has 2 rings (SSSR count). The summed E-state index contributed by atoms with van der Waals surface area (Å²) in [6.45, 7) is 1.72. The Morgan fingerprint density at radius 2 is 1.61 bits per heavy atom. The van der Waals surface area contributed by atoms with E-state index in [-0.39, 0.29) is 0 Å². The van der Waals surface area contributed by atoms with Gasteiger partial charge in [0.05, 0.1) is 6.10 Å². The second-order valence-corrected chi connectivity index (χ2v) is 5.75. The third-order valence-corrected chi connectivity index (χ3v) is 3.49. The molecule has 0 aromatic heterocycles. The molecule has 0 amide bonds. The van der Waals surface area contributed by atoms with E-state index in [1.54, 1.807) is 6.92 Å². The maximum Gasteiger partial charge on any atom is 0.133 e. The molecular formula is C14H12Br2O2. The minimum Gasteiger partial charge on any atom is -0.457 e. The van der Waals surface area contributed by atoms with E-state index in [2.05, 4.69) is 31.9 Å². The van der Waals surface area contributed by atoms with E-state index in [0.717, 1.165) is 20.3 Å². The van der Waals surface area contributed by atoms with Gasteiger partial charge in [-0.05, 0) is 49.4 Å². The van der Waals surface area contributed by atoms with E-state index in [4.69, 9.17) is 4.74 Å². The van der Waals surface area contributed by atoms with Crippen molar-refractivity contribution in [2.75, 3.05) is 0 Å². The summed E-state index contributed by atoms with van der Waals surface area (Å²) < 4.78 is 7.70. The van der Waals surface area contributed by atoms with Gasteiger partial charge in [0, 0.05) is 14.5 Å². The second kappa shape index (κ2) is 5.87. The number of rotatable bonds is 3. The van der Waals surface area contributed by atoms with Crippen LogP contribution < -0.4 is 4.74 Å². The van der Waals surface area contributed by atoms with Crippen LogP contribution >= 0.6 is 31.9 Å². The molecule has 0 aliphatic rings. The van der Waals surface area contributed by atoms with Crippen molar-refractivity contribution in [3.8, 4) is 11.5 Å². The number of ether oxygens (including phenoxy) is 1. The lowest BCUT2D eigenvalue weighted by Gasteiger charge is -2.13. The lowest BCUT2D eigenvalue weighted by atomic mass is 10.1. The fourth-order valence-electron chi connectivity index (χ4n) is 1.57. The van der Waals surface area contributed by atoms with Crippen molar-refractivity contribution in [1.29, 1.82) is 0 Å². The molecule has 2 aromatic carbocycles. The minimum absolute atomic E-state index is 0.576. The van der Waals surface area contributed by atoms with Crippen molar-refractivity contribution >= 4 is 31.9 Å². The third kappa shape index (κ3) is 3.34. The van der Waals surface area contributed by atoms with Gasteiger partial charge in [-0.2, -0.15) is 0 Å².